The highest BCUT2D eigenvalue weighted by Crippen LogP contribution is 2.44. The maximum absolute atomic E-state index is 13.9. The molecule has 5 aromatic rings. The molecule has 0 bridgehead atoms. The minimum atomic E-state index is -1.26. The SMILES string of the molecule is O=C(N[C@@H](CS)C(=O)OC(c1ccccc1)(c1ccccc1)c1ccccc1)OCC1c2ccccc2-c2ccccc21. The van der Waals surface area contributed by atoms with Crippen LogP contribution in [0.2, 0.25) is 0 Å². The molecule has 0 heterocycles. The molecule has 1 N–H and O–H groups in total. The summed E-state index contributed by atoms with van der Waals surface area (Å²) in [5, 5.41) is 2.70. The quantitative estimate of drug-likeness (QED) is 0.108. The molecule has 6 heteroatoms. The third kappa shape index (κ3) is 5.54. The normalized spacial score (nSPS) is 13.0. The van der Waals surface area contributed by atoms with Crippen molar-refractivity contribution in [1.82, 2.24) is 5.32 Å². The lowest BCUT2D eigenvalue weighted by Crippen LogP contribution is -2.47. The molecule has 0 saturated heterocycles. The number of hydrogen-bond donors (Lipinski definition) is 2. The Hall–Kier alpha value is -4.81. The van der Waals surface area contributed by atoms with Crippen LogP contribution in [0.25, 0.3) is 11.1 Å². The second kappa shape index (κ2) is 12.6. The van der Waals surface area contributed by atoms with Crippen LogP contribution in [0.4, 0.5) is 4.79 Å². The van der Waals surface area contributed by atoms with Crippen LogP contribution in [0.5, 0.6) is 0 Å². The van der Waals surface area contributed by atoms with Crippen LogP contribution in [-0.4, -0.2) is 30.5 Å². The Morgan fingerprint density at radius 1 is 0.651 bits per heavy atom. The Labute approximate surface area is 256 Å². The molecule has 1 amide bonds. The van der Waals surface area contributed by atoms with Gasteiger partial charge in [-0.1, -0.05) is 140 Å². The van der Waals surface area contributed by atoms with Gasteiger partial charge in [-0.2, -0.15) is 12.6 Å². The third-order valence-electron chi connectivity index (χ3n) is 7.90. The molecule has 0 radical (unpaired) electrons. The van der Waals surface area contributed by atoms with Crippen molar-refractivity contribution in [1.29, 1.82) is 0 Å². The van der Waals surface area contributed by atoms with E-state index in [1.807, 2.05) is 115 Å². The molecule has 1 aliphatic rings. The van der Waals surface area contributed by atoms with Gasteiger partial charge in [-0.25, -0.2) is 9.59 Å². The van der Waals surface area contributed by atoms with E-state index in [0.29, 0.717) is 0 Å². The molecule has 5 aromatic carbocycles. The summed E-state index contributed by atoms with van der Waals surface area (Å²) >= 11 is 4.40. The van der Waals surface area contributed by atoms with Crippen LogP contribution in [0, 0.1) is 0 Å². The second-order valence-corrected chi connectivity index (χ2v) is 10.8. The number of benzene rings is 5. The largest absolute Gasteiger partial charge is 0.449 e. The van der Waals surface area contributed by atoms with Crippen molar-refractivity contribution in [3.63, 3.8) is 0 Å². The van der Waals surface area contributed by atoms with E-state index in [-0.39, 0.29) is 18.3 Å². The molecule has 214 valence electrons. The Morgan fingerprint density at radius 3 is 1.51 bits per heavy atom. The lowest BCUT2D eigenvalue weighted by atomic mass is 9.80. The number of hydrogen-bond acceptors (Lipinski definition) is 5. The van der Waals surface area contributed by atoms with Gasteiger partial charge < -0.3 is 14.8 Å². The summed E-state index contributed by atoms with van der Waals surface area (Å²) in [6.45, 7) is 0.135. The van der Waals surface area contributed by atoms with E-state index in [2.05, 4.69) is 42.2 Å². The Bertz CT molecular complexity index is 1570. The van der Waals surface area contributed by atoms with Crippen LogP contribution >= 0.6 is 12.6 Å². The number of fused-ring (bicyclic) bond motifs is 3. The van der Waals surface area contributed by atoms with Crippen LogP contribution < -0.4 is 5.32 Å². The molecule has 6 rings (SSSR count). The first-order chi connectivity index (χ1) is 21.1. The molecule has 0 aliphatic heterocycles. The number of carbonyl (C=O) groups is 2. The van der Waals surface area contributed by atoms with Gasteiger partial charge in [-0.05, 0) is 22.3 Å². The van der Waals surface area contributed by atoms with Crippen molar-refractivity contribution in [3.8, 4) is 11.1 Å². The summed E-state index contributed by atoms with van der Waals surface area (Å²) in [5.74, 6) is -0.696. The summed E-state index contributed by atoms with van der Waals surface area (Å²) in [6, 6.07) is 44.1. The fourth-order valence-electron chi connectivity index (χ4n) is 5.88. The first kappa shape index (κ1) is 28.3. The molecular weight excluding hydrogens is 554 g/mol. The summed E-state index contributed by atoms with van der Waals surface area (Å²) in [6.07, 6.45) is -0.706. The molecule has 0 unspecified atom stereocenters. The summed E-state index contributed by atoms with van der Waals surface area (Å²) in [4.78, 5) is 27.0. The van der Waals surface area contributed by atoms with Crippen molar-refractivity contribution < 1.29 is 19.1 Å². The monoisotopic (exact) mass is 585 g/mol. The molecule has 0 spiro atoms. The fraction of sp³-hybridized carbons (Fsp3) is 0.135. The predicted molar refractivity (Wildman–Crippen MR) is 171 cm³/mol. The summed E-state index contributed by atoms with van der Waals surface area (Å²) < 4.78 is 12.2. The highest BCUT2D eigenvalue weighted by Gasteiger charge is 2.42. The molecule has 0 saturated carbocycles. The molecule has 0 fully saturated rings. The highest BCUT2D eigenvalue weighted by molar-refractivity contribution is 7.80. The van der Waals surface area contributed by atoms with E-state index in [4.69, 9.17) is 9.47 Å². The lowest BCUT2D eigenvalue weighted by Gasteiger charge is -2.36. The molecule has 1 atom stereocenters. The van der Waals surface area contributed by atoms with E-state index >= 15 is 0 Å². The fourth-order valence-corrected chi connectivity index (χ4v) is 6.12. The van der Waals surface area contributed by atoms with Gasteiger partial charge in [-0.3, -0.25) is 0 Å². The van der Waals surface area contributed by atoms with Crippen molar-refractivity contribution in [2.75, 3.05) is 12.4 Å². The number of thiol groups is 1. The van der Waals surface area contributed by atoms with Crippen LogP contribution in [0.15, 0.2) is 140 Å². The van der Waals surface area contributed by atoms with Crippen LogP contribution in [-0.2, 0) is 19.9 Å². The van der Waals surface area contributed by atoms with E-state index < -0.39 is 23.7 Å². The number of alkyl carbamates (subject to hydrolysis) is 1. The standard InChI is InChI=1S/C37H31NO4S/c39-35(42-37(26-14-4-1-5-15-26,27-16-6-2-7-17-27)28-18-8-3-9-19-28)34(25-43)38-36(40)41-24-33-31-22-12-10-20-29(31)30-21-11-13-23-32(30)33/h1-23,33-34,43H,24-25H2,(H,38,40)/t34-/m0/s1. The number of esters is 1. The van der Waals surface area contributed by atoms with Crippen molar-refractivity contribution in [2.45, 2.75) is 17.6 Å². The number of nitrogens with one attached hydrogen (secondary N) is 1. The Kier molecular flexibility index (Phi) is 8.29. The van der Waals surface area contributed by atoms with E-state index in [1.165, 1.54) is 0 Å². The average Bonchev–Trinajstić information content (AvgIpc) is 3.39. The third-order valence-corrected chi connectivity index (χ3v) is 8.26. The van der Waals surface area contributed by atoms with Crippen molar-refractivity contribution in [3.05, 3.63) is 167 Å². The van der Waals surface area contributed by atoms with Gasteiger partial charge in [0.25, 0.3) is 0 Å². The van der Waals surface area contributed by atoms with E-state index in [9.17, 15) is 9.59 Å². The number of rotatable bonds is 9. The predicted octanol–water partition coefficient (Wildman–Crippen LogP) is 7.36. The van der Waals surface area contributed by atoms with Crippen LogP contribution in [0.3, 0.4) is 0 Å². The van der Waals surface area contributed by atoms with Crippen LogP contribution in [0.1, 0.15) is 33.7 Å². The molecule has 5 nitrogen and oxygen atoms in total. The highest BCUT2D eigenvalue weighted by atomic mass is 32.1. The Morgan fingerprint density at radius 2 is 1.07 bits per heavy atom. The summed E-state index contributed by atoms with van der Waals surface area (Å²) in [5.41, 5.74) is 5.58. The molecule has 0 aromatic heterocycles. The topological polar surface area (TPSA) is 64.6 Å². The molecule has 43 heavy (non-hydrogen) atoms. The smallest absolute Gasteiger partial charge is 0.407 e. The minimum Gasteiger partial charge on any atom is -0.449 e. The van der Waals surface area contributed by atoms with Crippen molar-refractivity contribution in [2.24, 2.45) is 0 Å². The van der Waals surface area contributed by atoms with Gasteiger partial charge in [0, 0.05) is 28.4 Å². The minimum absolute atomic E-state index is 0.0253. The average molecular weight is 586 g/mol. The molecule has 1 aliphatic carbocycles. The number of carbonyl (C=O) groups excluding carboxylic acids is 2. The second-order valence-electron chi connectivity index (χ2n) is 10.4. The lowest BCUT2D eigenvalue weighted by molar-refractivity contribution is -0.155. The maximum atomic E-state index is 13.9. The first-order valence-corrected chi connectivity index (χ1v) is 14.9. The van der Waals surface area contributed by atoms with Gasteiger partial charge in [-0.15, -0.1) is 0 Å². The number of ether oxygens (including phenoxy) is 2. The van der Waals surface area contributed by atoms with E-state index in [1.54, 1.807) is 0 Å². The maximum Gasteiger partial charge on any atom is 0.407 e. The van der Waals surface area contributed by atoms with Gasteiger partial charge >= 0.3 is 12.1 Å². The van der Waals surface area contributed by atoms with Gasteiger partial charge in [0.2, 0.25) is 0 Å². The number of amides is 1. The first-order valence-electron chi connectivity index (χ1n) is 14.2. The van der Waals surface area contributed by atoms with Gasteiger partial charge in [0.1, 0.15) is 12.6 Å². The van der Waals surface area contributed by atoms with Gasteiger partial charge in [0.15, 0.2) is 5.60 Å². The Balaban J connectivity index is 1.24. The zero-order valence-corrected chi connectivity index (χ0v) is 24.3. The summed E-state index contributed by atoms with van der Waals surface area (Å²) in [7, 11) is 0. The zero-order valence-electron chi connectivity index (χ0n) is 23.4. The van der Waals surface area contributed by atoms with Crippen molar-refractivity contribution >= 4 is 24.7 Å². The van der Waals surface area contributed by atoms with Gasteiger partial charge in [0.05, 0.1) is 0 Å². The molecular formula is C37H31NO4S. The zero-order chi connectivity index (χ0) is 29.6. The van der Waals surface area contributed by atoms with E-state index in [0.717, 1.165) is 38.9 Å².